The third kappa shape index (κ3) is 3.34. The SMILES string of the molecule is CCOC(=O)C1(NCC2CCCO2)CCCCC1CC. The highest BCUT2D eigenvalue weighted by molar-refractivity contribution is 5.81. The Morgan fingerprint density at radius 2 is 2.15 bits per heavy atom. The Labute approximate surface area is 122 Å². The summed E-state index contributed by atoms with van der Waals surface area (Å²) in [5.41, 5.74) is -0.477. The van der Waals surface area contributed by atoms with E-state index in [-0.39, 0.29) is 12.1 Å². The number of carbonyl (C=O) groups is 1. The molecule has 0 aromatic carbocycles. The maximum Gasteiger partial charge on any atom is 0.326 e. The maximum absolute atomic E-state index is 12.6. The summed E-state index contributed by atoms with van der Waals surface area (Å²) in [4.78, 5) is 12.6. The molecule has 3 atom stereocenters. The largest absolute Gasteiger partial charge is 0.465 e. The highest BCUT2D eigenvalue weighted by atomic mass is 16.5. The number of hydrogen-bond acceptors (Lipinski definition) is 4. The minimum atomic E-state index is -0.477. The topological polar surface area (TPSA) is 47.6 Å². The molecular weight excluding hydrogens is 254 g/mol. The summed E-state index contributed by atoms with van der Waals surface area (Å²) < 4.78 is 11.1. The van der Waals surface area contributed by atoms with Crippen molar-refractivity contribution in [3.63, 3.8) is 0 Å². The fraction of sp³-hybridized carbons (Fsp3) is 0.938. The molecule has 1 aliphatic carbocycles. The van der Waals surface area contributed by atoms with Crippen LogP contribution in [0.4, 0.5) is 0 Å². The second-order valence-corrected chi connectivity index (χ2v) is 6.06. The van der Waals surface area contributed by atoms with Gasteiger partial charge in [0, 0.05) is 13.2 Å². The first-order valence-electron chi connectivity index (χ1n) is 8.26. The summed E-state index contributed by atoms with van der Waals surface area (Å²) in [7, 11) is 0. The molecule has 4 nitrogen and oxygen atoms in total. The Morgan fingerprint density at radius 1 is 1.30 bits per heavy atom. The molecule has 3 unspecified atom stereocenters. The lowest BCUT2D eigenvalue weighted by molar-refractivity contribution is -0.156. The van der Waals surface area contributed by atoms with Gasteiger partial charge in [0.25, 0.3) is 0 Å². The molecule has 116 valence electrons. The molecule has 0 spiro atoms. The van der Waals surface area contributed by atoms with Gasteiger partial charge in [-0.25, -0.2) is 0 Å². The lowest BCUT2D eigenvalue weighted by Crippen LogP contribution is -2.60. The van der Waals surface area contributed by atoms with Crippen LogP contribution in [0.2, 0.25) is 0 Å². The molecular formula is C16H29NO3. The molecule has 2 fully saturated rings. The van der Waals surface area contributed by atoms with Crippen molar-refractivity contribution in [2.75, 3.05) is 19.8 Å². The Bertz CT molecular complexity index is 315. The van der Waals surface area contributed by atoms with Gasteiger partial charge in [-0.2, -0.15) is 0 Å². The van der Waals surface area contributed by atoms with Crippen LogP contribution < -0.4 is 5.32 Å². The monoisotopic (exact) mass is 283 g/mol. The van der Waals surface area contributed by atoms with Crippen molar-refractivity contribution >= 4 is 5.97 Å². The third-order valence-electron chi connectivity index (χ3n) is 4.87. The quantitative estimate of drug-likeness (QED) is 0.761. The van der Waals surface area contributed by atoms with E-state index in [4.69, 9.17) is 9.47 Å². The van der Waals surface area contributed by atoms with E-state index in [1.54, 1.807) is 0 Å². The Morgan fingerprint density at radius 3 is 2.80 bits per heavy atom. The van der Waals surface area contributed by atoms with E-state index in [2.05, 4.69) is 12.2 Å². The van der Waals surface area contributed by atoms with Crippen molar-refractivity contribution in [1.82, 2.24) is 5.32 Å². The fourth-order valence-corrected chi connectivity index (χ4v) is 3.73. The normalized spacial score (nSPS) is 34.1. The molecule has 0 bridgehead atoms. The van der Waals surface area contributed by atoms with Crippen LogP contribution in [0.15, 0.2) is 0 Å². The number of carbonyl (C=O) groups excluding carboxylic acids is 1. The average molecular weight is 283 g/mol. The lowest BCUT2D eigenvalue weighted by Gasteiger charge is -2.43. The van der Waals surface area contributed by atoms with Gasteiger partial charge in [-0.3, -0.25) is 10.1 Å². The first kappa shape index (κ1) is 15.8. The lowest BCUT2D eigenvalue weighted by atomic mass is 9.71. The van der Waals surface area contributed by atoms with Gasteiger partial charge in [0.2, 0.25) is 0 Å². The molecule has 4 heteroatoms. The Balaban J connectivity index is 2.06. The zero-order chi connectivity index (χ0) is 14.4. The smallest absolute Gasteiger partial charge is 0.326 e. The van der Waals surface area contributed by atoms with Crippen LogP contribution in [0.1, 0.15) is 58.8 Å². The van der Waals surface area contributed by atoms with Gasteiger partial charge in [-0.05, 0) is 38.5 Å². The van der Waals surface area contributed by atoms with E-state index in [1.165, 1.54) is 6.42 Å². The predicted molar refractivity (Wildman–Crippen MR) is 78.6 cm³/mol. The molecule has 1 N–H and O–H groups in total. The van der Waals surface area contributed by atoms with Gasteiger partial charge in [0.1, 0.15) is 5.54 Å². The Kier molecular flexibility index (Phi) is 5.85. The first-order valence-corrected chi connectivity index (χ1v) is 8.26. The summed E-state index contributed by atoms with van der Waals surface area (Å²) >= 11 is 0. The predicted octanol–water partition coefficient (Wildman–Crippen LogP) is 2.66. The number of ether oxygens (including phenoxy) is 2. The van der Waals surface area contributed by atoms with Crippen molar-refractivity contribution in [1.29, 1.82) is 0 Å². The molecule has 1 saturated heterocycles. The van der Waals surface area contributed by atoms with E-state index in [0.717, 1.165) is 51.7 Å². The minimum Gasteiger partial charge on any atom is -0.465 e. The minimum absolute atomic E-state index is 0.0513. The first-order chi connectivity index (χ1) is 9.73. The molecule has 1 heterocycles. The van der Waals surface area contributed by atoms with Crippen LogP contribution in [-0.2, 0) is 14.3 Å². The molecule has 1 saturated carbocycles. The zero-order valence-corrected chi connectivity index (χ0v) is 13.0. The summed E-state index contributed by atoms with van der Waals surface area (Å²) in [6.07, 6.45) is 7.87. The number of hydrogen-bond donors (Lipinski definition) is 1. The summed E-state index contributed by atoms with van der Waals surface area (Å²) in [5.74, 6) is 0.334. The second kappa shape index (κ2) is 7.41. The van der Waals surface area contributed by atoms with Crippen molar-refractivity contribution in [3.05, 3.63) is 0 Å². The van der Waals surface area contributed by atoms with Gasteiger partial charge >= 0.3 is 5.97 Å². The molecule has 0 aromatic heterocycles. The van der Waals surface area contributed by atoms with Crippen LogP contribution in [0.5, 0.6) is 0 Å². The van der Waals surface area contributed by atoms with Crippen LogP contribution in [0.25, 0.3) is 0 Å². The van der Waals surface area contributed by atoms with Crippen LogP contribution in [0, 0.1) is 5.92 Å². The van der Waals surface area contributed by atoms with Crippen molar-refractivity contribution in [2.24, 2.45) is 5.92 Å². The fourth-order valence-electron chi connectivity index (χ4n) is 3.73. The summed E-state index contributed by atoms with van der Waals surface area (Å²) in [6, 6.07) is 0. The van der Waals surface area contributed by atoms with E-state index in [1.807, 2.05) is 6.92 Å². The third-order valence-corrected chi connectivity index (χ3v) is 4.87. The van der Waals surface area contributed by atoms with E-state index >= 15 is 0 Å². The zero-order valence-electron chi connectivity index (χ0n) is 13.0. The standard InChI is InChI=1S/C16H29NO3/c1-3-13-8-5-6-10-16(13,15(18)19-4-2)17-12-14-9-7-11-20-14/h13-14,17H,3-12H2,1-2H3. The molecule has 0 aromatic rings. The Hall–Kier alpha value is -0.610. The summed E-state index contributed by atoms with van der Waals surface area (Å²) in [5, 5.41) is 3.56. The molecule has 0 amide bonds. The number of nitrogens with one attached hydrogen (secondary N) is 1. The van der Waals surface area contributed by atoms with Crippen molar-refractivity contribution < 1.29 is 14.3 Å². The van der Waals surface area contributed by atoms with Gasteiger partial charge in [0.15, 0.2) is 0 Å². The summed E-state index contributed by atoms with van der Waals surface area (Å²) in [6.45, 7) is 6.15. The molecule has 0 radical (unpaired) electrons. The van der Waals surface area contributed by atoms with Gasteiger partial charge < -0.3 is 9.47 Å². The highest BCUT2D eigenvalue weighted by Crippen LogP contribution is 2.37. The van der Waals surface area contributed by atoms with Crippen LogP contribution >= 0.6 is 0 Å². The maximum atomic E-state index is 12.6. The second-order valence-electron chi connectivity index (χ2n) is 6.06. The van der Waals surface area contributed by atoms with E-state index in [9.17, 15) is 4.79 Å². The molecule has 20 heavy (non-hydrogen) atoms. The van der Waals surface area contributed by atoms with Crippen LogP contribution in [-0.4, -0.2) is 37.4 Å². The highest BCUT2D eigenvalue weighted by Gasteiger charge is 2.47. The van der Waals surface area contributed by atoms with E-state index < -0.39 is 5.54 Å². The van der Waals surface area contributed by atoms with E-state index in [0.29, 0.717) is 12.5 Å². The van der Waals surface area contributed by atoms with Gasteiger partial charge in [-0.15, -0.1) is 0 Å². The molecule has 2 rings (SSSR count). The number of esters is 1. The van der Waals surface area contributed by atoms with Gasteiger partial charge in [-0.1, -0.05) is 26.2 Å². The van der Waals surface area contributed by atoms with Crippen LogP contribution in [0.3, 0.4) is 0 Å². The average Bonchev–Trinajstić information content (AvgIpc) is 2.99. The molecule has 1 aliphatic heterocycles. The van der Waals surface area contributed by atoms with Crippen molar-refractivity contribution in [2.45, 2.75) is 70.4 Å². The molecule has 2 aliphatic rings. The van der Waals surface area contributed by atoms with Crippen molar-refractivity contribution in [3.8, 4) is 0 Å². The van der Waals surface area contributed by atoms with Gasteiger partial charge in [0.05, 0.1) is 12.7 Å². The number of rotatable bonds is 6.